The first-order chi connectivity index (χ1) is 16.5. The van der Waals surface area contributed by atoms with Crippen molar-refractivity contribution < 1.29 is 28.5 Å². The van der Waals surface area contributed by atoms with Gasteiger partial charge in [0.15, 0.2) is 5.78 Å². The van der Waals surface area contributed by atoms with Crippen molar-refractivity contribution >= 4 is 17.2 Å². The van der Waals surface area contributed by atoms with Gasteiger partial charge in [0, 0.05) is 17.0 Å². The van der Waals surface area contributed by atoms with E-state index in [-0.39, 0.29) is 35.7 Å². The molecule has 0 aliphatic rings. The van der Waals surface area contributed by atoms with Crippen LogP contribution in [0.4, 0.5) is 15.8 Å². The van der Waals surface area contributed by atoms with E-state index in [0.717, 1.165) is 0 Å². The molecular formula is C25H23FN2O7. The molecule has 0 fully saturated rings. The summed E-state index contributed by atoms with van der Waals surface area (Å²) in [4.78, 5) is 34.4. The van der Waals surface area contributed by atoms with Crippen LogP contribution in [0.15, 0.2) is 60.7 Å². The van der Waals surface area contributed by atoms with E-state index in [1.54, 1.807) is 62.4 Å². The van der Waals surface area contributed by atoms with Crippen LogP contribution in [0.3, 0.4) is 0 Å². The molecule has 3 aromatic carbocycles. The van der Waals surface area contributed by atoms with Crippen LogP contribution in [0.5, 0.6) is 11.5 Å². The number of hydrogen-bond acceptors (Lipinski definition) is 7. The predicted molar refractivity (Wildman–Crippen MR) is 126 cm³/mol. The van der Waals surface area contributed by atoms with Crippen molar-refractivity contribution in [3.8, 4) is 11.5 Å². The Bertz CT molecular complexity index is 1240. The first-order valence-electron chi connectivity index (χ1n) is 10.6. The minimum atomic E-state index is -1.14. The molecule has 0 N–H and O–H groups in total. The summed E-state index contributed by atoms with van der Waals surface area (Å²) in [7, 11) is 1.47. The Kier molecular flexibility index (Phi) is 7.43. The lowest BCUT2D eigenvalue weighted by atomic mass is 9.79. The van der Waals surface area contributed by atoms with Gasteiger partial charge in [0.25, 0.3) is 11.4 Å². The fourth-order valence-corrected chi connectivity index (χ4v) is 3.78. The van der Waals surface area contributed by atoms with Crippen LogP contribution in [-0.4, -0.2) is 29.3 Å². The quantitative estimate of drug-likeness (QED) is 0.208. The van der Waals surface area contributed by atoms with Crippen molar-refractivity contribution in [2.24, 2.45) is 0 Å². The van der Waals surface area contributed by atoms with Crippen LogP contribution < -0.4 is 9.47 Å². The van der Waals surface area contributed by atoms with Crippen LogP contribution in [0.2, 0.25) is 0 Å². The molecule has 0 unspecified atom stereocenters. The number of halogens is 1. The molecule has 0 radical (unpaired) electrons. The Hall–Kier alpha value is -4.34. The second-order valence-electron chi connectivity index (χ2n) is 8.37. The van der Waals surface area contributed by atoms with Gasteiger partial charge in [-0.1, -0.05) is 44.2 Å². The normalized spacial score (nSPS) is 11.1. The van der Waals surface area contributed by atoms with Crippen molar-refractivity contribution in [1.29, 1.82) is 0 Å². The third-order valence-corrected chi connectivity index (χ3v) is 5.59. The van der Waals surface area contributed by atoms with E-state index in [1.165, 1.54) is 7.11 Å². The number of rotatable bonds is 10. The Labute approximate surface area is 200 Å². The highest BCUT2D eigenvalue weighted by Crippen LogP contribution is 2.41. The zero-order valence-electron chi connectivity index (χ0n) is 19.3. The minimum Gasteiger partial charge on any atom is -0.497 e. The van der Waals surface area contributed by atoms with Crippen LogP contribution in [0.1, 0.15) is 41.8 Å². The molecule has 0 aliphatic heterocycles. The Morgan fingerprint density at radius 1 is 0.971 bits per heavy atom. The first kappa shape index (κ1) is 25.3. The molecule has 3 rings (SSSR count). The lowest BCUT2D eigenvalue weighted by Gasteiger charge is -2.25. The molecular weight excluding hydrogens is 459 g/mol. The summed E-state index contributed by atoms with van der Waals surface area (Å²) >= 11 is 0. The van der Waals surface area contributed by atoms with Crippen molar-refractivity contribution in [3.05, 3.63) is 103 Å². The van der Waals surface area contributed by atoms with Gasteiger partial charge in [-0.25, -0.2) is 4.39 Å². The summed E-state index contributed by atoms with van der Waals surface area (Å²) < 4.78 is 25.0. The second-order valence-corrected chi connectivity index (χ2v) is 8.37. The SMILES string of the molecule is COc1ccc(C(=O)c2ccccc2)c(OCCC(C)(C)c2c([N+](=O)[O-])cc(F)cc2[N+](=O)[O-])c1. The van der Waals surface area contributed by atoms with E-state index in [9.17, 15) is 29.4 Å². The number of carbonyl (C=O) groups excluding carboxylic acids is 1. The van der Waals surface area contributed by atoms with Gasteiger partial charge in [-0.15, -0.1) is 0 Å². The minimum absolute atomic E-state index is 0.0408. The number of nitrogens with zero attached hydrogens (tertiary/aromatic N) is 2. The van der Waals surface area contributed by atoms with Gasteiger partial charge in [0.05, 0.1) is 41.3 Å². The topological polar surface area (TPSA) is 122 Å². The average Bonchev–Trinajstić information content (AvgIpc) is 2.83. The van der Waals surface area contributed by atoms with E-state index >= 15 is 0 Å². The molecule has 0 spiro atoms. The molecule has 9 nitrogen and oxygen atoms in total. The van der Waals surface area contributed by atoms with Crippen LogP contribution in [-0.2, 0) is 5.41 Å². The van der Waals surface area contributed by atoms with Crippen molar-refractivity contribution in [1.82, 2.24) is 0 Å². The number of ketones is 1. The largest absolute Gasteiger partial charge is 0.497 e. The van der Waals surface area contributed by atoms with E-state index in [1.807, 2.05) is 0 Å². The zero-order chi connectivity index (χ0) is 25.8. The zero-order valence-corrected chi connectivity index (χ0v) is 19.3. The molecule has 10 heteroatoms. The Balaban J connectivity index is 1.91. The molecule has 0 aromatic heterocycles. The first-order valence-corrected chi connectivity index (χ1v) is 10.6. The van der Waals surface area contributed by atoms with Gasteiger partial charge in [0.2, 0.25) is 0 Å². The number of nitro benzene ring substituents is 2. The Morgan fingerprint density at radius 2 is 1.57 bits per heavy atom. The van der Waals surface area contributed by atoms with E-state index in [4.69, 9.17) is 9.47 Å². The molecule has 0 amide bonds. The Morgan fingerprint density at radius 3 is 2.11 bits per heavy atom. The predicted octanol–water partition coefficient (Wildman–Crippen LogP) is 5.63. The highest BCUT2D eigenvalue weighted by Gasteiger charge is 2.38. The van der Waals surface area contributed by atoms with Crippen LogP contribution in [0, 0.1) is 26.0 Å². The average molecular weight is 482 g/mol. The second kappa shape index (κ2) is 10.3. The standard InChI is InChI=1S/C25H23FN2O7/c1-25(2,23-20(27(30)31)13-17(26)14-21(23)28(32)33)11-12-35-22-15-18(34-3)9-10-19(22)24(29)16-7-5-4-6-8-16/h4-10,13-15H,11-12H2,1-3H3. The smallest absolute Gasteiger partial charge is 0.282 e. The number of nitro groups is 2. The molecule has 0 saturated heterocycles. The van der Waals surface area contributed by atoms with E-state index < -0.39 is 32.5 Å². The maximum Gasteiger partial charge on any atom is 0.282 e. The lowest BCUT2D eigenvalue weighted by Crippen LogP contribution is -2.24. The van der Waals surface area contributed by atoms with Gasteiger partial charge in [0.1, 0.15) is 22.9 Å². The number of benzene rings is 3. The molecule has 3 aromatic rings. The van der Waals surface area contributed by atoms with Gasteiger partial charge in [-0.05, 0) is 18.6 Å². The molecule has 0 atom stereocenters. The van der Waals surface area contributed by atoms with Gasteiger partial charge in [-0.3, -0.25) is 25.0 Å². The molecule has 182 valence electrons. The lowest BCUT2D eigenvalue weighted by molar-refractivity contribution is -0.396. The van der Waals surface area contributed by atoms with Crippen molar-refractivity contribution in [2.45, 2.75) is 25.7 Å². The highest BCUT2D eigenvalue weighted by atomic mass is 19.1. The fraction of sp³-hybridized carbons (Fsp3) is 0.240. The highest BCUT2D eigenvalue weighted by molar-refractivity contribution is 6.10. The van der Waals surface area contributed by atoms with Gasteiger partial charge in [-0.2, -0.15) is 0 Å². The summed E-state index contributed by atoms with van der Waals surface area (Å²) in [6, 6.07) is 14.7. The monoisotopic (exact) mass is 482 g/mol. The van der Waals surface area contributed by atoms with Crippen LogP contribution >= 0.6 is 0 Å². The summed E-state index contributed by atoms with van der Waals surface area (Å²) in [5, 5.41) is 23.1. The van der Waals surface area contributed by atoms with Crippen molar-refractivity contribution in [2.75, 3.05) is 13.7 Å². The van der Waals surface area contributed by atoms with E-state index in [0.29, 0.717) is 23.4 Å². The number of carbonyl (C=O) groups is 1. The molecule has 0 bridgehead atoms. The van der Waals surface area contributed by atoms with Crippen molar-refractivity contribution in [3.63, 3.8) is 0 Å². The summed E-state index contributed by atoms with van der Waals surface area (Å²) in [6.07, 6.45) is 0.0937. The number of ether oxygens (including phenoxy) is 2. The molecule has 0 saturated carbocycles. The number of hydrogen-bond donors (Lipinski definition) is 0. The van der Waals surface area contributed by atoms with E-state index in [2.05, 4.69) is 0 Å². The summed E-state index contributed by atoms with van der Waals surface area (Å²) in [5.74, 6) is -0.655. The molecule has 0 heterocycles. The summed E-state index contributed by atoms with van der Waals surface area (Å²) in [5.41, 5.74) is -1.95. The maximum absolute atomic E-state index is 13.8. The third-order valence-electron chi connectivity index (χ3n) is 5.59. The maximum atomic E-state index is 13.8. The number of methoxy groups -OCH3 is 1. The third kappa shape index (κ3) is 5.60. The van der Waals surface area contributed by atoms with Crippen LogP contribution in [0.25, 0.3) is 0 Å². The molecule has 35 heavy (non-hydrogen) atoms. The molecule has 0 aliphatic carbocycles. The summed E-state index contributed by atoms with van der Waals surface area (Å²) in [6.45, 7) is 3.11. The van der Waals surface area contributed by atoms with Gasteiger partial charge < -0.3 is 9.47 Å². The van der Waals surface area contributed by atoms with Gasteiger partial charge >= 0.3 is 0 Å². The fourth-order valence-electron chi connectivity index (χ4n) is 3.78.